The summed E-state index contributed by atoms with van der Waals surface area (Å²) < 4.78 is 14.6. The standard InChI is InChI=1S/C23H23N5O4/c1-27-12-16(22(24)30)21(31-3)20(27)23-26-17-11-14(9-10-18(17)28(23)2)25-19(29)13-32-15-7-5-4-6-8-15/h4-12H,13H2,1-3H3,(H2,24,30)(H,25,29). The number of hydrogen-bond donors (Lipinski definition) is 2. The van der Waals surface area contributed by atoms with Crippen molar-refractivity contribution >= 4 is 28.5 Å². The highest BCUT2D eigenvalue weighted by Gasteiger charge is 2.24. The predicted octanol–water partition coefficient (Wildman–Crippen LogP) is 2.70. The van der Waals surface area contributed by atoms with Crippen molar-refractivity contribution in [2.75, 3.05) is 19.0 Å². The van der Waals surface area contributed by atoms with Crippen LogP contribution in [0.1, 0.15) is 10.4 Å². The van der Waals surface area contributed by atoms with Crippen molar-refractivity contribution in [3.8, 4) is 23.0 Å². The number of anilines is 1. The van der Waals surface area contributed by atoms with E-state index in [-0.39, 0.29) is 18.1 Å². The van der Waals surface area contributed by atoms with Gasteiger partial charge in [-0.15, -0.1) is 0 Å². The molecule has 9 heteroatoms. The number of carbonyl (C=O) groups is 2. The number of ether oxygens (including phenoxy) is 2. The smallest absolute Gasteiger partial charge is 0.262 e. The summed E-state index contributed by atoms with van der Waals surface area (Å²) in [7, 11) is 5.15. The third-order valence-electron chi connectivity index (χ3n) is 5.09. The molecular formula is C23H23N5O4. The third-order valence-corrected chi connectivity index (χ3v) is 5.09. The molecule has 0 radical (unpaired) electrons. The van der Waals surface area contributed by atoms with Gasteiger partial charge in [0, 0.05) is 26.0 Å². The molecule has 0 unspecified atom stereocenters. The number of nitrogens with zero attached hydrogens (tertiary/aromatic N) is 3. The Labute approximate surface area is 184 Å². The molecule has 4 rings (SSSR count). The predicted molar refractivity (Wildman–Crippen MR) is 121 cm³/mol. The van der Waals surface area contributed by atoms with E-state index in [1.807, 2.05) is 35.9 Å². The molecule has 0 aliphatic heterocycles. The van der Waals surface area contributed by atoms with Gasteiger partial charge in [-0.2, -0.15) is 0 Å². The number of amides is 2. The Kier molecular flexibility index (Phi) is 5.55. The molecule has 0 bridgehead atoms. The monoisotopic (exact) mass is 433 g/mol. The molecule has 4 aromatic rings. The molecule has 0 saturated heterocycles. The number of para-hydroxylation sites is 1. The van der Waals surface area contributed by atoms with Crippen LogP contribution in [-0.4, -0.2) is 39.6 Å². The van der Waals surface area contributed by atoms with Crippen molar-refractivity contribution in [2.24, 2.45) is 19.8 Å². The van der Waals surface area contributed by atoms with Crippen LogP contribution in [-0.2, 0) is 18.9 Å². The number of imidazole rings is 1. The first kappa shape index (κ1) is 21.0. The molecule has 0 spiro atoms. The zero-order valence-corrected chi connectivity index (χ0v) is 18.0. The van der Waals surface area contributed by atoms with Gasteiger partial charge in [-0.25, -0.2) is 4.98 Å². The van der Waals surface area contributed by atoms with Crippen LogP contribution in [0.5, 0.6) is 11.5 Å². The quantitative estimate of drug-likeness (QED) is 0.465. The van der Waals surface area contributed by atoms with Crippen LogP contribution in [0.3, 0.4) is 0 Å². The highest BCUT2D eigenvalue weighted by molar-refractivity contribution is 5.99. The summed E-state index contributed by atoms with van der Waals surface area (Å²) in [6, 6.07) is 14.6. The van der Waals surface area contributed by atoms with Crippen LogP contribution < -0.4 is 20.5 Å². The van der Waals surface area contributed by atoms with Crippen molar-refractivity contribution in [1.82, 2.24) is 14.1 Å². The lowest BCUT2D eigenvalue weighted by atomic mass is 10.2. The summed E-state index contributed by atoms with van der Waals surface area (Å²) in [4.78, 5) is 28.8. The average Bonchev–Trinajstić information content (AvgIpc) is 3.28. The van der Waals surface area contributed by atoms with Crippen LogP contribution in [0.15, 0.2) is 54.7 Å². The second-order valence-corrected chi connectivity index (χ2v) is 7.25. The zero-order valence-electron chi connectivity index (χ0n) is 18.0. The van der Waals surface area contributed by atoms with Gasteiger partial charge in [0.05, 0.1) is 23.7 Å². The first-order valence-electron chi connectivity index (χ1n) is 9.86. The van der Waals surface area contributed by atoms with Gasteiger partial charge >= 0.3 is 0 Å². The molecule has 9 nitrogen and oxygen atoms in total. The van der Waals surface area contributed by atoms with Crippen LogP contribution >= 0.6 is 0 Å². The van der Waals surface area contributed by atoms with Crippen molar-refractivity contribution in [3.63, 3.8) is 0 Å². The van der Waals surface area contributed by atoms with Crippen molar-refractivity contribution in [1.29, 1.82) is 0 Å². The molecule has 2 aromatic carbocycles. The van der Waals surface area contributed by atoms with E-state index in [1.54, 1.807) is 42.1 Å². The van der Waals surface area contributed by atoms with Gasteiger partial charge < -0.3 is 29.7 Å². The number of primary amides is 1. The maximum absolute atomic E-state index is 12.3. The Morgan fingerprint density at radius 2 is 1.88 bits per heavy atom. The Hall–Kier alpha value is -4.27. The average molecular weight is 433 g/mol. The van der Waals surface area contributed by atoms with Crippen molar-refractivity contribution in [2.45, 2.75) is 0 Å². The summed E-state index contributed by atoms with van der Waals surface area (Å²) in [6.07, 6.45) is 1.62. The number of hydrogen-bond acceptors (Lipinski definition) is 5. The summed E-state index contributed by atoms with van der Waals surface area (Å²) in [5.41, 5.74) is 8.51. The maximum atomic E-state index is 12.3. The fourth-order valence-corrected chi connectivity index (χ4v) is 3.60. The van der Waals surface area contributed by atoms with E-state index in [9.17, 15) is 9.59 Å². The van der Waals surface area contributed by atoms with E-state index >= 15 is 0 Å². The number of fused-ring (bicyclic) bond motifs is 1. The lowest BCUT2D eigenvalue weighted by Crippen LogP contribution is -2.20. The Morgan fingerprint density at radius 1 is 1.12 bits per heavy atom. The number of aromatic nitrogens is 3. The molecule has 32 heavy (non-hydrogen) atoms. The third kappa shape index (κ3) is 3.87. The number of nitrogens with two attached hydrogens (primary N) is 1. The Bertz CT molecular complexity index is 1310. The molecule has 3 N–H and O–H groups in total. The first-order valence-corrected chi connectivity index (χ1v) is 9.86. The van der Waals surface area contributed by atoms with Crippen LogP contribution in [0.25, 0.3) is 22.6 Å². The highest BCUT2D eigenvalue weighted by Crippen LogP contribution is 2.35. The minimum atomic E-state index is -0.579. The van der Waals surface area contributed by atoms with E-state index in [4.69, 9.17) is 20.2 Å². The van der Waals surface area contributed by atoms with Gasteiger partial charge in [0.15, 0.2) is 18.2 Å². The number of nitrogens with one attached hydrogen (secondary N) is 1. The van der Waals surface area contributed by atoms with Gasteiger partial charge in [-0.3, -0.25) is 9.59 Å². The zero-order chi connectivity index (χ0) is 22.8. The number of rotatable bonds is 7. The lowest BCUT2D eigenvalue weighted by Gasteiger charge is -2.08. The minimum Gasteiger partial charge on any atom is -0.494 e. The molecule has 0 aliphatic carbocycles. The van der Waals surface area contributed by atoms with Crippen molar-refractivity contribution in [3.05, 3.63) is 60.3 Å². The first-order chi connectivity index (χ1) is 15.4. The normalized spacial score (nSPS) is 10.8. The summed E-state index contributed by atoms with van der Waals surface area (Å²) in [6.45, 7) is -0.105. The molecule has 0 aliphatic rings. The fraction of sp³-hybridized carbons (Fsp3) is 0.174. The Balaban J connectivity index is 1.60. The SMILES string of the molecule is COc1c(C(N)=O)cn(C)c1-c1nc2cc(NC(=O)COc3ccccc3)ccc2n1C. The van der Waals surface area contributed by atoms with Crippen LogP contribution in [0, 0.1) is 0 Å². The van der Waals surface area contributed by atoms with Gasteiger partial charge in [0.1, 0.15) is 11.4 Å². The number of benzene rings is 2. The van der Waals surface area contributed by atoms with E-state index in [0.717, 1.165) is 5.52 Å². The van der Waals surface area contributed by atoms with E-state index < -0.39 is 5.91 Å². The van der Waals surface area contributed by atoms with Gasteiger partial charge in [0.25, 0.3) is 11.8 Å². The summed E-state index contributed by atoms with van der Waals surface area (Å²) in [5, 5.41) is 2.82. The second kappa shape index (κ2) is 8.46. The van der Waals surface area contributed by atoms with E-state index in [1.165, 1.54) is 7.11 Å². The van der Waals surface area contributed by atoms with E-state index in [0.29, 0.717) is 34.2 Å². The highest BCUT2D eigenvalue weighted by atomic mass is 16.5. The minimum absolute atomic E-state index is 0.105. The topological polar surface area (TPSA) is 113 Å². The molecule has 2 heterocycles. The largest absolute Gasteiger partial charge is 0.494 e. The number of carbonyl (C=O) groups excluding carboxylic acids is 2. The van der Waals surface area contributed by atoms with E-state index in [2.05, 4.69) is 5.32 Å². The number of aryl methyl sites for hydroxylation is 2. The molecule has 164 valence electrons. The summed E-state index contributed by atoms with van der Waals surface area (Å²) in [5.74, 6) is 0.733. The summed E-state index contributed by atoms with van der Waals surface area (Å²) >= 11 is 0. The molecule has 0 fully saturated rings. The Morgan fingerprint density at radius 3 is 2.56 bits per heavy atom. The molecule has 2 amide bonds. The fourth-order valence-electron chi connectivity index (χ4n) is 3.60. The van der Waals surface area contributed by atoms with Gasteiger partial charge in [-0.05, 0) is 30.3 Å². The molecular weight excluding hydrogens is 410 g/mol. The van der Waals surface area contributed by atoms with Crippen LogP contribution in [0.2, 0.25) is 0 Å². The maximum Gasteiger partial charge on any atom is 0.262 e. The van der Waals surface area contributed by atoms with Gasteiger partial charge in [-0.1, -0.05) is 18.2 Å². The van der Waals surface area contributed by atoms with Crippen LogP contribution in [0.4, 0.5) is 5.69 Å². The second-order valence-electron chi connectivity index (χ2n) is 7.25. The van der Waals surface area contributed by atoms with Gasteiger partial charge in [0.2, 0.25) is 0 Å². The molecule has 0 saturated carbocycles. The number of methoxy groups -OCH3 is 1. The molecule has 0 atom stereocenters. The molecule has 2 aromatic heterocycles. The lowest BCUT2D eigenvalue weighted by molar-refractivity contribution is -0.118. The van der Waals surface area contributed by atoms with Crippen molar-refractivity contribution < 1.29 is 19.1 Å².